The molecule has 1 aromatic carbocycles. The number of carbonyl (C=O) groups is 1. The number of carbonyl (C=O) groups excluding carboxylic acids is 1. The maximum atomic E-state index is 12.4. The SMILES string of the molecule is O=C(Nc1ccc(CCCl)cc1)C1C2C3CCC(C3)C12. The number of benzene rings is 1. The van der Waals surface area contributed by atoms with Gasteiger partial charge in [0.2, 0.25) is 5.91 Å². The van der Waals surface area contributed by atoms with E-state index in [-0.39, 0.29) is 5.91 Å². The predicted octanol–water partition coefficient (Wildman–Crippen LogP) is 3.70. The van der Waals surface area contributed by atoms with E-state index in [0.29, 0.717) is 23.6 Å². The molecule has 4 rings (SSSR count). The standard InChI is InChI=1S/C17H20ClNO/c18-8-7-10-1-5-13(6-2-10)19-17(20)16-14-11-3-4-12(9-11)15(14)16/h1-2,5-6,11-12,14-16H,3-4,7-9H2,(H,19,20). The number of rotatable bonds is 4. The van der Waals surface area contributed by atoms with E-state index in [1.54, 1.807) is 0 Å². The van der Waals surface area contributed by atoms with Gasteiger partial charge in [-0.3, -0.25) is 4.79 Å². The van der Waals surface area contributed by atoms with Crippen molar-refractivity contribution in [2.45, 2.75) is 25.7 Å². The van der Waals surface area contributed by atoms with E-state index in [1.165, 1.54) is 24.8 Å². The van der Waals surface area contributed by atoms with Crippen molar-refractivity contribution < 1.29 is 4.79 Å². The number of anilines is 1. The number of amides is 1. The number of nitrogens with one attached hydrogen (secondary N) is 1. The largest absolute Gasteiger partial charge is 0.326 e. The Hall–Kier alpha value is -1.02. The fraction of sp³-hybridized carbons (Fsp3) is 0.588. The molecule has 2 nitrogen and oxygen atoms in total. The van der Waals surface area contributed by atoms with Crippen molar-refractivity contribution in [1.29, 1.82) is 0 Å². The molecular weight excluding hydrogens is 270 g/mol. The summed E-state index contributed by atoms with van der Waals surface area (Å²) in [4.78, 5) is 12.4. The minimum atomic E-state index is 0.252. The highest BCUT2D eigenvalue weighted by atomic mass is 35.5. The minimum Gasteiger partial charge on any atom is -0.326 e. The van der Waals surface area contributed by atoms with Crippen molar-refractivity contribution in [3.8, 4) is 0 Å². The number of hydrogen-bond donors (Lipinski definition) is 1. The maximum absolute atomic E-state index is 12.4. The van der Waals surface area contributed by atoms with Crippen LogP contribution in [-0.4, -0.2) is 11.8 Å². The van der Waals surface area contributed by atoms with Gasteiger partial charge in [0.1, 0.15) is 0 Å². The zero-order chi connectivity index (χ0) is 13.7. The van der Waals surface area contributed by atoms with E-state index in [0.717, 1.165) is 23.9 Å². The van der Waals surface area contributed by atoms with Crippen LogP contribution in [0.4, 0.5) is 5.69 Å². The summed E-state index contributed by atoms with van der Waals surface area (Å²) in [6.45, 7) is 0. The van der Waals surface area contributed by atoms with E-state index in [2.05, 4.69) is 17.4 Å². The monoisotopic (exact) mass is 289 g/mol. The normalized spacial score (nSPS) is 36.8. The summed E-state index contributed by atoms with van der Waals surface area (Å²) in [5.41, 5.74) is 2.14. The summed E-state index contributed by atoms with van der Waals surface area (Å²) in [5.74, 6) is 4.33. The molecule has 0 heterocycles. The number of fused-ring (bicyclic) bond motifs is 5. The topological polar surface area (TPSA) is 29.1 Å². The second kappa shape index (κ2) is 4.77. The molecule has 0 radical (unpaired) electrons. The third kappa shape index (κ3) is 1.96. The van der Waals surface area contributed by atoms with Crippen molar-refractivity contribution in [1.82, 2.24) is 0 Å². The molecule has 3 saturated carbocycles. The summed E-state index contributed by atoms with van der Waals surface area (Å²) < 4.78 is 0. The van der Waals surface area contributed by atoms with E-state index in [1.807, 2.05) is 12.1 Å². The van der Waals surface area contributed by atoms with Gasteiger partial charge in [0.25, 0.3) is 0 Å². The molecule has 106 valence electrons. The van der Waals surface area contributed by atoms with Crippen molar-refractivity contribution in [3.63, 3.8) is 0 Å². The number of aryl methyl sites for hydroxylation is 1. The Balaban J connectivity index is 1.39. The molecule has 2 bridgehead atoms. The lowest BCUT2D eigenvalue weighted by molar-refractivity contribution is -0.118. The molecule has 1 amide bonds. The Morgan fingerprint density at radius 2 is 1.80 bits per heavy atom. The molecular formula is C17H20ClNO. The average molecular weight is 290 g/mol. The number of alkyl halides is 1. The Morgan fingerprint density at radius 1 is 1.15 bits per heavy atom. The van der Waals surface area contributed by atoms with Crippen LogP contribution in [0.5, 0.6) is 0 Å². The van der Waals surface area contributed by atoms with Gasteiger partial charge in [0.15, 0.2) is 0 Å². The van der Waals surface area contributed by atoms with Crippen molar-refractivity contribution in [2.75, 3.05) is 11.2 Å². The first-order chi connectivity index (χ1) is 9.78. The van der Waals surface area contributed by atoms with Gasteiger partial charge in [-0.2, -0.15) is 0 Å². The summed E-state index contributed by atoms with van der Waals surface area (Å²) in [7, 11) is 0. The van der Waals surface area contributed by atoms with Crippen LogP contribution in [-0.2, 0) is 11.2 Å². The van der Waals surface area contributed by atoms with Crippen LogP contribution in [0.25, 0.3) is 0 Å². The molecule has 3 aliphatic carbocycles. The lowest BCUT2D eigenvalue weighted by Gasteiger charge is -2.10. The summed E-state index contributed by atoms with van der Waals surface area (Å²) in [6, 6.07) is 8.09. The van der Waals surface area contributed by atoms with Crippen LogP contribution in [0.3, 0.4) is 0 Å². The first-order valence-electron chi connectivity index (χ1n) is 7.73. The van der Waals surface area contributed by atoms with E-state index in [9.17, 15) is 4.79 Å². The highest BCUT2D eigenvalue weighted by molar-refractivity contribution is 6.18. The molecule has 1 N–H and O–H groups in total. The zero-order valence-corrected chi connectivity index (χ0v) is 12.3. The van der Waals surface area contributed by atoms with E-state index in [4.69, 9.17) is 11.6 Å². The summed E-state index contributed by atoms with van der Waals surface area (Å²) in [6.07, 6.45) is 5.00. The lowest BCUT2D eigenvalue weighted by atomic mass is 10.0. The molecule has 0 spiro atoms. The first kappa shape index (κ1) is 12.7. The van der Waals surface area contributed by atoms with Crippen molar-refractivity contribution >= 4 is 23.2 Å². The van der Waals surface area contributed by atoms with Gasteiger partial charge in [-0.05, 0) is 67.1 Å². The molecule has 3 heteroatoms. The molecule has 4 atom stereocenters. The summed E-state index contributed by atoms with van der Waals surface area (Å²) >= 11 is 5.73. The zero-order valence-electron chi connectivity index (χ0n) is 11.5. The Labute approximate surface area is 124 Å². The van der Waals surface area contributed by atoms with Gasteiger partial charge in [-0.1, -0.05) is 12.1 Å². The van der Waals surface area contributed by atoms with Gasteiger partial charge in [-0.25, -0.2) is 0 Å². The van der Waals surface area contributed by atoms with Gasteiger partial charge in [-0.15, -0.1) is 11.6 Å². The molecule has 0 aliphatic heterocycles. The van der Waals surface area contributed by atoms with Crippen LogP contribution in [0, 0.1) is 29.6 Å². The molecule has 0 aromatic heterocycles. The van der Waals surface area contributed by atoms with Crippen LogP contribution < -0.4 is 5.32 Å². The molecule has 0 saturated heterocycles. The van der Waals surface area contributed by atoms with Crippen LogP contribution in [0.15, 0.2) is 24.3 Å². The van der Waals surface area contributed by atoms with Gasteiger partial charge >= 0.3 is 0 Å². The number of halogens is 1. The fourth-order valence-electron chi connectivity index (χ4n) is 4.77. The molecule has 3 fully saturated rings. The summed E-state index contributed by atoms with van der Waals surface area (Å²) in [5, 5.41) is 3.10. The second-order valence-electron chi connectivity index (χ2n) is 6.64. The Bertz CT molecular complexity index is 510. The second-order valence-corrected chi connectivity index (χ2v) is 7.02. The maximum Gasteiger partial charge on any atom is 0.228 e. The molecule has 3 aliphatic rings. The highest BCUT2D eigenvalue weighted by Gasteiger charge is 2.67. The van der Waals surface area contributed by atoms with Crippen LogP contribution in [0.1, 0.15) is 24.8 Å². The third-order valence-electron chi connectivity index (χ3n) is 5.64. The van der Waals surface area contributed by atoms with E-state index < -0.39 is 0 Å². The van der Waals surface area contributed by atoms with Gasteiger partial charge < -0.3 is 5.32 Å². The quantitative estimate of drug-likeness (QED) is 0.842. The van der Waals surface area contributed by atoms with E-state index >= 15 is 0 Å². The van der Waals surface area contributed by atoms with Crippen LogP contribution in [0.2, 0.25) is 0 Å². The van der Waals surface area contributed by atoms with Gasteiger partial charge in [0.05, 0.1) is 0 Å². The average Bonchev–Trinajstić information content (AvgIpc) is 2.90. The minimum absolute atomic E-state index is 0.252. The molecule has 1 aromatic rings. The molecule has 20 heavy (non-hydrogen) atoms. The number of hydrogen-bond acceptors (Lipinski definition) is 1. The fourth-order valence-corrected chi connectivity index (χ4v) is 4.98. The first-order valence-corrected chi connectivity index (χ1v) is 8.27. The Kier molecular flexibility index (Phi) is 3.03. The van der Waals surface area contributed by atoms with Gasteiger partial charge in [0, 0.05) is 17.5 Å². The predicted molar refractivity (Wildman–Crippen MR) is 80.8 cm³/mol. The van der Waals surface area contributed by atoms with Crippen molar-refractivity contribution in [2.24, 2.45) is 29.6 Å². The van der Waals surface area contributed by atoms with Crippen molar-refractivity contribution in [3.05, 3.63) is 29.8 Å². The van der Waals surface area contributed by atoms with Crippen LogP contribution >= 0.6 is 11.6 Å². The smallest absolute Gasteiger partial charge is 0.228 e. The highest BCUT2D eigenvalue weighted by Crippen LogP contribution is 2.69. The molecule has 4 unspecified atom stereocenters. The Morgan fingerprint density at radius 3 is 2.40 bits per heavy atom. The lowest BCUT2D eigenvalue weighted by Crippen LogP contribution is -2.18. The third-order valence-corrected chi connectivity index (χ3v) is 5.83.